The van der Waals surface area contributed by atoms with E-state index in [0.717, 1.165) is 33.2 Å². The lowest BCUT2D eigenvalue weighted by Crippen LogP contribution is -2.06. The lowest BCUT2D eigenvalue weighted by atomic mass is 10.0. The van der Waals surface area contributed by atoms with Gasteiger partial charge in [0.25, 0.3) is 5.91 Å². The number of aliphatic imine (C=N–C) groups is 1. The van der Waals surface area contributed by atoms with E-state index in [-0.39, 0.29) is 11.6 Å². The van der Waals surface area contributed by atoms with Gasteiger partial charge in [-0.05, 0) is 16.3 Å². The van der Waals surface area contributed by atoms with Crippen molar-refractivity contribution in [2.45, 2.75) is 0 Å². The van der Waals surface area contributed by atoms with Crippen LogP contribution in [0.3, 0.4) is 0 Å². The molecule has 1 aliphatic heterocycles. The molecule has 2 aromatic rings. The van der Waals surface area contributed by atoms with Crippen LogP contribution in [0.4, 0.5) is 0 Å². The average Bonchev–Trinajstić information content (AvgIpc) is 2.80. The number of allylic oxidation sites excluding steroid dienone is 1. The van der Waals surface area contributed by atoms with Gasteiger partial charge in [0.05, 0.1) is 5.71 Å². The number of hydrogen-bond acceptors (Lipinski definition) is 2. The van der Waals surface area contributed by atoms with Crippen LogP contribution in [0.25, 0.3) is 16.3 Å². The summed E-state index contributed by atoms with van der Waals surface area (Å²) in [7, 11) is 0. The number of carbonyl (C=O) groups excluding carboxylic acids is 1. The molecule has 3 heteroatoms. The third kappa shape index (κ3) is 0.877. The minimum Gasteiger partial charge on any atom is -0.394 e. The number of rotatable bonds is 0. The highest BCUT2D eigenvalue weighted by Crippen LogP contribution is 2.41. The van der Waals surface area contributed by atoms with Gasteiger partial charge in [0.2, 0.25) is 0 Å². The molecule has 0 radical (unpaired) electrons. The number of nitrogens with two attached hydrogens (primary N) is 1. The van der Waals surface area contributed by atoms with Crippen LogP contribution >= 0.6 is 0 Å². The molecule has 4 rings (SSSR count). The summed E-state index contributed by atoms with van der Waals surface area (Å²) in [5.41, 5.74) is 9.69. The van der Waals surface area contributed by atoms with E-state index in [0.29, 0.717) is 0 Å². The van der Waals surface area contributed by atoms with Gasteiger partial charge in [-0.15, -0.1) is 0 Å². The molecule has 3 nitrogen and oxygen atoms in total. The molecule has 0 bridgehead atoms. The van der Waals surface area contributed by atoms with Crippen LogP contribution in [0.5, 0.6) is 0 Å². The fourth-order valence-corrected chi connectivity index (χ4v) is 2.67. The van der Waals surface area contributed by atoms with Crippen LogP contribution in [0.1, 0.15) is 11.1 Å². The van der Waals surface area contributed by atoms with Gasteiger partial charge in [-0.25, -0.2) is 4.99 Å². The second-order valence-electron chi connectivity index (χ2n) is 4.26. The van der Waals surface area contributed by atoms with Crippen molar-refractivity contribution in [2.75, 3.05) is 0 Å². The van der Waals surface area contributed by atoms with Crippen molar-refractivity contribution in [3.63, 3.8) is 0 Å². The van der Waals surface area contributed by atoms with Gasteiger partial charge in [-0.1, -0.05) is 36.4 Å². The number of nitrogens with zero attached hydrogens (tertiary/aromatic N) is 1. The summed E-state index contributed by atoms with van der Waals surface area (Å²) in [5.74, 6) is -0.318. The highest BCUT2D eigenvalue weighted by Gasteiger charge is 2.33. The molecular formula is C14H8N2O. The van der Waals surface area contributed by atoms with Crippen LogP contribution in [-0.4, -0.2) is 11.6 Å². The molecule has 17 heavy (non-hydrogen) atoms. The number of hydrogen-bond donors (Lipinski definition) is 1. The third-order valence-corrected chi connectivity index (χ3v) is 3.38. The Kier molecular flexibility index (Phi) is 1.35. The Hall–Kier alpha value is -2.42. The van der Waals surface area contributed by atoms with E-state index in [1.54, 1.807) is 0 Å². The first-order chi connectivity index (χ1) is 8.27. The Morgan fingerprint density at radius 1 is 1.00 bits per heavy atom. The monoisotopic (exact) mass is 220 g/mol. The summed E-state index contributed by atoms with van der Waals surface area (Å²) in [6.07, 6.45) is 0. The first kappa shape index (κ1) is 8.70. The van der Waals surface area contributed by atoms with E-state index in [1.807, 2.05) is 24.3 Å². The quantitative estimate of drug-likeness (QED) is 0.736. The Labute approximate surface area is 97.3 Å². The minimum absolute atomic E-state index is 0.267. The molecule has 2 aromatic carbocycles. The molecule has 0 unspecified atom stereocenters. The first-order valence-electron chi connectivity index (χ1n) is 5.43. The summed E-state index contributed by atoms with van der Waals surface area (Å²) < 4.78 is 0. The van der Waals surface area contributed by atoms with Crippen molar-refractivity contribution in [2.24, 2.45) is 10.7 Å². The molecule has 2 N–H and O–H groups in total. The largest absolute Gasteiger partial charge is 0.394 e. The maximum absolute atomic E-state index is 11.5. The summed E-state index contributed by atoms with van der Waals surface area (Å²) in [6, 6.07) is 12.1. The zero-order valence-electron chi connectivity index (χ0n) is 8.90. The fourth-order valence-electron chi connectivity index (χ4n) is 2.67. The number of carbonyl (C=O) groups is 1. The van der Waals surface area contributed by atoms with E-state index in [4.69, 9.17) is 5.73 Å². The standard InChI is InChI=1S/C14H8N2O/c15-12-11-8-5-1-3-7-4-2-6-9(10(7)8)13(11)16-14(12)17/h1-6H,(H2,15,16,17). The molecule has 0 fully saturated rings. The molecule has 1 heterocycles. The molecule has 0 spiro atoms. The predicted molar refractivity (Wildman–Crippen MR) is 66.6 cm³/mol. The van der Waals surface area contributed by atoms with E-state index in [9.17, 15) is 4.79 Å². The van der Waals surface area contributed by atoms with Crippen LogP contribution < -0.4 is 5.73 Å². The molecule has 0 saturated heterocycles. The lowest BCUT2D eigenvalue weighted by molar-refractivity contribution is -0.114. The van der Waals surface area contributed by atoms with Crippen LogP contribution in [-0.2, 0) is 4.79 Å². The third-order valence-electron chi connectivity index (χ3n) is 3.38. The van der Waals surface area contributed by atoms with Gasteiger partial charge < -0.3 is 5.73 Å². The Morgan fingerprint density at radius 3 is 2.47 bits per heavy atom. The normalized spacial score (nSPS) is 16.7. The van der Waals surface area contributed by atoms with E-state index in [2.05, 4.69) is 17.1 Å². The molecule has 80 valence electrons. The molecule has 1 amide bonds. The zero-order valence-corrected chi connectivity index (χ0v) is 8.90. The smallest absolute Gasteiger partial charge is 0.294 e. The molecule has 1 aliphatic carbocycles. The van der Waals surface area contributed by atoms with Crippen LogP contribution in [0.2, 0.25) is 0 Å². The van der Waals surface area contributed by atoms with Crippen molar-refractivity contribution < 1.29 is 4.79 Å². The fraction of sp³-hybridized carbons (Fsp3) is 0. The molecule has 0 aromatic heterocycles. The van der Waals surface area contributed by atoms with Crippen LogP contribution in [0.15, 0.2) is 47.1 Å². The van der Waals surface area contributed by atoms with Crippen LogP contribution in [0, 0.1) is 0 Å². The maximum Gasteiger partial charge on any atom is 0.294 e. The first-order valence-corrected chi connectivity index (χ1v) is 5.43. The van der Waals surface area contributed by atoms with E-state index in [1.165, 1.54) is 0 Å². The average molecular weight is 220 g/mol. The Morgan fingerprint density at radius 2 is 1.71 bits per heavy atom. The van der Waals surface area contributed by atoms with Crippen molar-refractivity contribution in [1.82, 2.24) is 0 Å². The highest BCUT2D eigenvalue weighted by molar-refractivity contribution is 6.49. The lowest BCUT2D eigenvalue weighted by Gasteiger charge is -2.01. The second-order valence-corrected chi connectivity index (χ2v) is 4.26. The molecule has 0 saturated carbocycles. The molecule has 2 aliphatic rings. The maximum atomic E-state index is 11.5. The second kappa shape index (κ2) is 2.63. The highest BCUT2D eigenvalue weighted by atomic mass is 16.1. The SMILES string of the molecule is NC1=C2C(=NC1=O)c1cccc3cccc2c13. The van der Waals surface area contributed by atoms with Gasteiger partial charge >= 0.3 is 0 Å². The van der Waals surface area contributed by atoms with Gasteiger partial charge in [0, 0.05) is 11.1 Å². The molecule has 0 atom stereocenters. The van der Waals surface area contributed by atoms with E-state index < -0.39 is 0 Å². The van der Waals surface area contributed by atoms with Gasteiger partial charge in [-0.2, -0.15) is 0 Å². The number of amides is 1. The Balaban J connectivity index is 2.27. The molecular weight excluding hydrogens is 212 g/mol. The van der Waals surface area contributed by atoms with Crippen molar-refractivity contribution in [3.05, 3.63) is 53.2 Å². The van der Waals surface area contributed by atoms with Gasteiger partial charge in [0.15, 0.2) is 0 Å². The summed E-state index contributed by atoms with van der Waals surface area (Å²) >= 11 is 0. The summed E-state index contributed by atoms with van der Waals surface area (Å²) in [4.78, 5) is 15.6. The van der Waals surface area contributed by atoms with Crippen molar-refractivity contribution >= 4 is 28.0 Å². The predicted octanol–water partition coefficient (Wildman–Crippen LogP) is 1.85. The van der Waals surface area contributed by atoms with E-state index >= 15 is 0 Å². The van der Waals surface area contributed by atoms with Crippen molar-refractivity contribution in [1.29, 1.82) is 0 Å². The number of fused-ring (bicyclic) bond motifs is 3. The summed E-state index contributed by atoms with van der Waals surface area (Å²) in [5, 5.41) is 2.31. The zero-order chi connectivity index (χ0) is 11.6. The number of benzene rings is 2. The topological polar surface area (TPSA) is 55.4 Å². The van der Waals surface area contributed by atoms with Gasteiger partial charge in [-0.3, -0.25) is 4.79 Å². The van der Waals surface area contributed by atoms with Crippen molar-refractivity contribution in [3.8, 4) is 0 Å². The Bertz CT molecular complexity index is 764. The summed E-state index contributed by atoms with van der Waals surface area (Å²) in [6.45, 7) is 0. The van der Waals surface area contributed by atoms with Gasteiger partial charge in [0.1, 0.15) is 5.70 Å². The minimum atomic E-state index is -0.318.